The maximum Gasteiger partial charge on any atom is 0.242 e. The van der Waals surface area contributed by atoms with E-state index >= 15 is 0 Å². The van der Waals surface area contributed by atoms with Gasteiger partial charge in [-0.15, -0.1) is 0 Å². The molecule has 0 spiro atoms. The molecule has 0 bridgehead atoms. The third-order valence-electron chi connectivity index (χ3n) is 5.67. The van der Waals surface area contributed by atoms with Gasteiger partial charge in [-0.1, -0.05) is 49.2 Å². The van der Waals surface area contributed by atoms with Crippen molar-refractivity contribution in [3.8, 4) is 5.75 Å². The number of sulfonamides is 1. The van der Waals surface area contributed by atoms with Crippen LogP contribution in [0, 0.1) is 5.92 Å². The highest BCUT2D eigenvalue weighted by atomic mass is 35.5. The number of carbonyl (C=O) groups is 2. The summed E-state index contributed by atoms with van der Waals surface area (Å²) < 4.78 is 31.4. The van der Waals surface area contributed by atoms with E-state index in [1.807, 2.05) is 32.0 Å². The summed E-state index contributed by atoms with van der Waals surface area (Å²) in [5, 5.41) is 3.46. The van der Waals surface area contributed by atoms with Gasteiger partial charge in [-0.25, -0.2) is 8.42 Å². The minimum Gasteiger partial charge on any atom is -0.497 e. The number of hydrogen-bond donors (Lipinski definition) is 1. The lowest BCUT2D eigenvalue weighted by atomic mass is 10.1. The average Bonchev–Trinajstić information content (AvgIpc) is 2.84. The Labute approximate surface area is 229 Å². The summed E-state index contributed by atoms with van der Waals surface area (Å²) >= 11 is 12.3. The highest BCUT2D eigenvalue weighted by molar-refractivity contribution is 7.92. The lowest BCUT2D eigenvalue weighted by molar-refractivity contribution is -0.140. The molecule has 2 rings (SSSR count). The van der Waals surface area contributed by atoms with Gasteiger partial charge < -0.3 is 15.0 Å². The van der Waals surface area contributed by atoms with Gasteiger partial charge in [0.05, 0.1) is 24.1 Å². The Morgan fingerprint density at radius 3 is 2.41 bits per heavy atom. The first-order valence-electron chi connectivity index (χ1n) is 12.0. The molecule has 0 saturated heterocycles. The van der Waals surface area contributed by atoms with E-state index < -0.39 is 16.1 Å². The van der Waals surface area contributed by atoms with Crippen LogP contribution in [-0.4, -0.2) is 57.6 Å². The SMILES string of the molecule is COc1cccc(CN(C(=O)CCCN(c2cc(Cl)ccc2Cl)S(C)(=O)=O)C(C)C(=O)NCC(C)C)c1. The van der Waals surface area contributed by atoms with Crippen LogP contribution in [0.5, 0.6) is 5.75 Å². The Balaban J connectivity index is 2.21. The number of nitrogens with zero attached hydrogens (tertiary/aromatic N) is 2. The summed E-state index contributed by atoms with van der Waals surface area (Å²) in [5.41, 5.74) is 1.05. The van der Waals surface area contributed by atoms with Crippen LogP contribution in [0.15, 0.2) is 42.5 Å². The Hall–Kier alpha value is -2.49. The number of hydrogen-bond acceptors (Lipinski definition) is 5. The van der Waals surface area contributed by atoms with Gasteiger partial charge in [0, 0.05) is 31.1 Å². The van der Waals surface area contributed by atoms with Crippen LogP contribution >= 0.6 is 23.2 Å². The summed E-state index contributed by atoms with van der Waals surface area (Å²) in [7, 11) is -2.13. The lowest BCUT2D eigenvalue weighted by Gasteiger charge is -2.30. The maximum atomic E-state index is 13.4. The molecular weight excluding hydrogens is 537 g/mol. The fourth-order valence-corrected chi connectivity index (χ4v) is 5.07. The zero-order chi connectivity index (χ0) is 27.8. The molecular formula is C26H35Cl2N3O5S. The fourth-order valence-electron chi connectivity index (χ4n) is 3.66. The monoisotopic (exact) mass is 571 g/mol. The molecule has 1 unspecified atom stereocenters. The third-order valence-corrected chi connectivity index (χ3v) is 7.40. The number of nitrogens with one attached hydrogen (secondary N) is 1. The van der Waals surface area contributed by atoms with Gasteiger partial charge in [0.15, 0.2) is 0 Å². The van der Waals surface area contributed by atoms with Gasteiger partial charge in [-0.05, 0) is 55.2 Å². The van der Waals surface area contributed by atoms with Crippen molar-refractivity contribution in [3.63, 3.8) is 0 Å². The minimum atomic E-state index is -3.69. The molecule has 0 fully saturated rings. The van der Waals surface area contributed by atoms with Crippen LogP contribution in [0.25, 0.3) is 0 Å². The smallest absolute Gasteiger partial charge is 0.242 e. The third kappa shape index (κ3) is 9.39. The Bertz CT molecular complexity index is 1190. The van der Waals surface area contributed by atoms with Gasteiger partial charge in [0.1, 0.15) is 11.8 Å². The van der Waals surface area contributed by atoms with Crippen molar-refractivity contribution in [2.24, 2.45) is 5.92 Å². The number of rotatable bonds is 13. The molecule has 0 heterocycles. The van der Waals surface area contributed by atoms with Gasteiger partial charge >= 0.3 is 0 Å². The van der Waals surface area contributed by atoms with E-state index in [2.05, 4.69) is 5.32 Å². The maximum absolute atomic E-state index is 13.4. The Morgan fingerprint density at radius 2 is 1.78 bits per heavy atom. The van der Waals surface area contributed by atoms with Crippen molar-refractivity contribution >= 4 is 50.7 Å². The summed E-state index contributed by atoms with van der Waals surface area (Å²) in [4.78, 5) is 27.7. The molecule has 1 N–H and O–H groups in total. The summed E-state index contributed by atoms with van der Waals surface area (Å²) in [6, 6.07) is 11.1. The van der Waals surface area contributed by atoms with Crippen LogP contribution in [-0.2, 0) is 26.2 Å². The van der Waals surface area contributed by atoms with E-state index in [4.69, 9.17) is 27.9 Å². The number of anilines is 1. The van der Waals surface area contributed by atoms with Crippen molar-refractivity contribution in [1.82, 2.24) is 10.2 Å². The number of ether oxygens (including phenoxy) is 1. The molecule has 0 radical (unpaired) electrons. The summed E-state index contributed by atoms with van der Waals surface area (Å²) in [6.07, 6.45) is 1.31. The number of methoxy groups -OCH3 is 1. The number of carbonyl (C=O) groups excluding carboxylic acids is 2. The number of amides is 2. The molecule has 8 nitrogen and oxygen atoms in total. The van der Waals surface area contributed by atoms with Crippen molar-refractivity contribution in [2.75, 3.05) is 30.8 Å². The van der Waals surface area contributed by atoms with Gasteiger partial charge in [0.25, 0.3) is 0 Å². The summed E-state index contributed by atoms with van der Waals surface area (Å²) in [5.74, 6) is 0.372. The van der Waals surface area contributed by atoms with Gasteiger partial charge in [0.2, 0.25) is 21.8 Å². The second-order valence-electron chi connectivity index (χ2n) is 9.22. The van der Waals surface area contributed by atoms with Crippen molar-refractivity contribution in [1.29, 1.82) is 0 Å². The molecule has 2 aromatic carbocycles. The normalized spacial score (nSPS) is 12.2. The Kier molecular flexibility index (Phi) is 11.5. The summed E-state index contributed by atoms with van der Waals surface area (Å²) in [6.45, 7) is 6.37. The molecule has 204 valence electrons. The highest BCUT2D eigenvalue weighted by Gasteiger charge is 2.27. The second-order valence-corrected chi connectivity index (χ2v) is 12.0. The van der Waals surface area contributed by atoms with Crippen LogP contribution in [0.2, 0.25) is 10.0 Å². The van der Waals surface area contributed by atoms with Crippen LogP contribution < -0.4 is 14.4 Å². The molecule has 0 saturated carbocycles. The number of benzene rings is 2. The fraction of sp³-hybridized carbons (Fsp3) is 0.462. The molecule has 0 aliphatic carbocycles. The molecule has 2 aromatic rings. The molecule has 1 atom stereocenters. The molecule has 2 amide bonds. The molecule has 11 heteroatoms. The van der Waals surface area contributed by atoms with E-state index in [1.165, 1.54) is 17.0 Å². The van der Waals surface area contributed by atoms with E-state index in [0.717, 1.165) is 16.1 Å². The zero-order valence-corrected chi connectivity index (χ0v) is 24.2. The first-order valence-corrected chi connectivity index (χ1v) is 14.6. The second kappa shape index (κ2) is 13.9. The van der Waals surface area contributed by atoms with E-state index in [-0.39, 0.29) is 54.4 Å². The topological polar surface area (TPSA) is 96.0 Å². The molecule has 37 heavy (non-hydrogen) atoms. The van der Waals surface area contributed by atoms with Crippen molar-refractivity contribution in [3.05, 3.63) is 58.1 Å². The number of halogens is 2. The van der Waals surface area contributed by atoms with Crippen molar-refractivity contribution in [2.45, 2.75) is 46.2 Å². The van der Waals surface area contributed by atoms with Crippen LogP contribution in [0.4, 0.5) is 5.69 Å². The molecule has 0 aliphatic rings. The van der Waals surface area contributed by atoms with Crippen LogP contribution in [0.3, 0.4) is 0 Å². The molecule has 0 aromatic heterocycles. The standard InChI is InChI=1S/C26H35Cl2N3O5S/c1-18(2)16-29-26(33)19(3)30(17-20-8-6-9-22(14-20)36-4)25(32)10-7-13-31(37(5,34)35)24-15-21(27)11-12-23(24)28/h6,8-9,11-12,14-15,18-19H,7,10,13,16-17H2,1-5H3,(H,29,33). The van der Waals surface area contributed by atoms with Crippen LogP contribution in [0.1, 0.15) is 39.2 Å². The lowest BCUT2D eigenvalue weighted by Crippen LogP contribution is -2.48. The first-order chi connectivity index (χ1) is 17.3. The highest BCUT2D eigenvalue weighted by Crippen LogP contribution is 2.31. The van der Waals surface area contributed by atoms with E-state index in [1.54, 1.807) is 26.2 Å². The Morgan fingerprint density at radius 1 is 1.08 bits per heavy atom. The van der Waals surface area contributed by atoms with Gasteiger partial charge in [-0.2, -0.15) is 0 Å². The van der Waals surface area contributed by atoms with Gasteiger partial charge in [-0.3, -0.25) is 13.9 Å². The predicted molar refractivity (Wildman–Crippen MR) is 149 cm³/mol. The zero-order valence-electron chi connectivity index (χ0n) is 21.8. The predicted octanol–water partition coefficient (Wildman–Crippen LogP) is 4.74. The quantitative estimate of drug-likeness (QED) is 0.374. The van der Waals surface area contributed by atoms with E-state index in [0.29, 0.717) is 17.3 Å². The van der Waals surface area contributed by atoms with E-state index in [9.17, 15) is 18.0 Å². The largest absolute Gasteiger partial charge is 0.497 e. The average molecular weight is 573 g/mol. The minimum absolute atomic E-state index is 0.0194. The van der Waals surface area contributed by atoms with Crippen molar-refractivity contribution < 1.29 is 22.7 Å². The molecule has 0 aliphatic heterocycles. The first kappa shape index (κ1) is 30.7.